The maximum atomic E-state index is 12.6. The van der Waals surface area contributed by atoms with E-state index < -0.39 is 0 Å². The number of benzene rings is 2. The Labute approximate surface area is 127 Å². The molecule has 1 aliphatic rings. The number of rotatable bonds is 5. The molecule has 2 aromatic rings. The van der Waals surface area contributed by atoms with Crippen molar-refractivity contribution in [2.24, 2.45) is 0 Å². The molecule has 0 aliphatic carbocycles. The van der Waals surface area contributed by atoms with Gasteiger partial charge < -0.3 is 0 Å². The first-order valence-electron chi connectivity index (χ1n) is 6.80. The van der Waals surface area contributed by atoms with Crippen molar-refractivity contribution in [3.8, 4) is 0 Å². The Morgan fingerprint density at radius 1 is 1.05 bits per heavy atom. The number of nitrogens with zero attached hydrogens (tertiary/aromatic N) is 1. The Kier molecular flexibility index (Phi) is 3.80. The van der Waals surface area contributed by atoms with Gasteiger partial charge in [-0.05, 0) is 17.5 Å². The van der Waals surface area contributed by atoms with Gasteiger partial charge in [-0.2, -0.15) is 11.8 Å². The lowest BCUT2D eigenvalue weighted by Crippen LogP contribution is -2.41. The van der Waals surface area contributed by atoms with E-state index in [0.29, 0.717) is 17.7 Å². The molecular formula is C17H15NO2S. The van der Waals surface area contributed by atoms with E-state index in [2.05, 4.69) is 6.58 Å². The Morgan fingerprint density at radius 2 is 1.67 bits per heavy atom. The summed E-state index contributed by atoms with van der Waals surface area (Å²) in [7, 11) is 0. The van der Waals surface area contributed by atoms with Gasteiger partial charge in [0, 0.05) is 34.6 Å². The van der Waals surface area contributed by atoms with Gasteiger partial charge in [-0.15, -0.1) is 6.58 Å². The summed E-state index contributed by atoms with van der Waals surface area (Å²) in [6, 6.07) is 11.2. The van der Waals surface area contributed by atoms with Crippen LogP contribution in [0.5, 0.6) is 0 Å². The number of imide groups is 1. The zero-order valence-corrected chi connectivity index (χ0v) is 12.4. The maximum absolute atomic E-state index is 12.6. The Bertz CT molecular complexity index is 688. The van der Waals surface area contributed by atoms with Gasteiger partial charge >= 0.3 is 0 Å². The quantitative estimate of drug-likeness (QED) is 0.482. The van der Waals surface area contributed by atoms with Crippen LogP contribution in [-0.4, -0.2) is 34.8 Å². The van der Waals surface area contributed by atoms with E-state index in [4.69, 9.17) is 0 Å². The largest absolute Gasteiger partial charge is 0.274 e. The van der Waals surface area contributed by atoms with E-state index in [1.54, 1.807) is 23.9 Å². The summed E-state index contributed by atoms with van der Waals surface area (Å²) in [5, 5.41) is 1.72. The first-order valence-corrected chi connectivity index (χ1v) is 7.96. The van der Waals surface area contributed by atoms with Crippen molar-refractivity contribution >= 4 is 34.3 Å². The van der Waals surface area contributed by atoms with Crippen molar-refractivity contribution in [3.63, 3.8) is 0 Å². The smallest absolute Gasteiger partial charge is 0.261 e. The van der Waals surface area contributed by atoms with E-state index in [1.807, 2.05) is 30.3 Å². The van der Waals surface area contributed by atoms with Crippen LogP contribution in [0.25, 0.3) is 10.8 Å². The molecule has 0 fully saturated rings. The van der Waals surface area contributed by atoms with Crippen molar-refractivity contribution in [3.05, 3.63) is 60.2 Å². The average Bonchev–Trinajstić information content (AvgIpc) is 2.51. The number of hydrogen-bond donors (Lipinski definition) is 0. The highest BCUT2D eigenvalue weighted by Gasteiger charge is 2.31. The molecule has 0 aromatic heterocycles. The minimum absolute atomic E-state index is 0.191. The van der Waals surface area contributed by atoms with Crippen LogP contribution in [-0.2, 0) is 0 Å². The zero-order chi connectivity index (χ0) is 14.8. The Balaban J connectivity index is 1.97. The van der Waals surface area contributed by atoms with Crippen LogP contribution in [0.3, 0.4) is 0 Å². The second-order valence-electron chi connectivity index (χ2n) is 4.83. The van der Waals surface area contributed by atoms with Crippen molar-refractivity contribution < 1.29 is 9.59 Å². The molecule has 21 heavy (non-hydrogen) atoms. The van der Waals surface area contributed by atoms with Crippen molar-refractivity contribution in [2.75, 3.05) is 18.1 Å². The molecule has 0 bridgehead atoms. The zero-order valence-electron chi connectivity index (χ0n) is 11.5. The van der Waals surface area contributed by atoms with Crippen LogP contribution in [0, 0.1) is 0 Å². The fourth-order valence-electron chi connectivity index (χ4n) is 2.61. The molecule has 0 unspecified atom stereocenters. The second-order valence-corrected chi connectivity index (χ2v) is 5.98. The predicted octanol–water partition coefficient (Wildman–Crippen LogP) is 3.36. The highest BCUT2D eigenvalue weighted by atomic mass is 32.2. The van der Waals surface area contributed by atoms with Crippen LogP contribution in [0.1, 0.15) is 20.7 Å². The van der Waals surface area contributed by atoms with E-state index in [0.717, 1.165) is 22.3 Å². The molecule has 1 aliphatic heterocycles. The number of carbonyl (C=O) groups excluding carboxylic acids is 2. The molecule has 3 rings (SSSR count). The maximum Gasteiger partial charge on any atom is 0.261 e. The first-order chi connectivity index (χ1) is 10.2. The third-order valence-electron chi connectivity index (χ3n) is 3.55. The summed E-state index contributed by atoms with van der Waals surface area (Å²) in [5.74, 6) is 1.16. The molecule has 4 heteroatoms. The topological polar surface area (TPSA) is 37.4 Å². The third-order valence-corrected chi connectivity index (χ3v) is 4.49. The predicted molar refractivity (Wildman–Crippen MR) is 86.8 cm³/mol. The minimum atomic E-state index is -0.191. The number of hydrogen-bond acceptors (Lipinski definition) is 3. The number of carbonyl (C=O) groups is 2. The lowest BCUT2D eigenvalue weighted by molar-refractivity contribution is 0.0621. The standard InChI is InChI=1S/C17H15NO2S/c1-2-10-21-11-9-18-16(19)13-7-3-5-12-6-4-8-14(15(12)13)17(18)20/h2-8H,1,9-11H2. The van der Waals surface area contributed by atoms with Crippen molar-refractivity contribution in [1.29, 1.82) is 0 Å². The molecule has 106 valence electrons. The molecule has 3 nitrogen and oxygen atoms in total. The van der Waals surface area contributed by atoms with E-state index >= 15 is 0 Å². The summed E-state index contributed by atoms with van der Waals surface area (Å²) < 4.78 is 0. The summed E-state index contributed by atoms with van der Waals surface area (Å²) in [4.78, 5) is 26.5. The first kappa shape index (κ1) is 13.9. The Hall–Kier alpha value is -2.07. The molecule has 0 saturated carbocycles. The van der Waals surface area contributed by atoms with Crippen molar-refractivity contribution in [2.45, 2.75) is 0 Å². The van der Waals surface area contributed by atoms with E-state index in [-0.39, 0.29) is 11.8 Å². The van der Waals surface area contributed by atoms with Gasteiger partial charge in [0.15, 0.2) is 0 Å². The average molecular weight is 297 g/mol. The molecule has 2 aromatic carbocycles. The van der Waals surface area contributed by atoms with Crippen LogP contribution in [0.2, 0.25) is 0 Å². The van der Waals surface area contributed by atoms with Gasteiger partial charge in [0.2, 0.25) is 0 Å². The highest BCUT2D eigenvalue weighted by Crippen LogP contribution is 2.29. The second kappa shape index (κ2) is 5.74. The Morgan fingerprint density at radius 3 is 2.24 bits per heavy atom. The van der Waals surface area contributed by atoms with Gasteiger partial charge in [0.05, 0.1) is 0 Å². The molecule has 0 radical (unpaired) electrons. The van der Waals surface area contributed by atoms with Gasteiger partial charge in [0.25, 0.3) is 11.8 Å². The van der Waals surface area contributed by atoms with Crippen molar-refractivity contribution in [1.82, 2.24) is 4.90 Å². The fourth-order valence-corrected chi connectivity index (χ4v) is 3.25. The van der Waals surface area contributed by atoms with E-state index in [9.17, 15) is 9.59 Å². The van der Waals surface area contributed by atoms with Gasteiger partial charge in [-0.25, -0.2) is 0 Å². The highest BCUT2D eigenvalue weighted by molar-refractivity contribution is 7.99. The summed E-state index contributed by atoms with van der Waals surface area (Å²) in [6.07, 6.45) is 1.82. The van der Waals surface area contributed by atoms with Gasteiger partial charge in [-0.3, -0.25) is 14.5 Å². The lowest BCUT2D eigenvalue weighted by Gasteiger charge is -2.27. The van der Waals surface area contributed by atoms with Crippen LogP contribution in [0.15, 0.2) is 49.1 Å². The van der Waals surface area contributed by atoms with Crippen LogP contribution < -0.4 is 0 Å². The van der Waals surface area contributed by atoms with Gasteiger partial charge in [-0.1, -0.05) is 30.3 Å². The molecular weight excluding hydrogens is 282 g/mol. The molecule has 2 amide bonds. The molecule has 0 spiro atoms. The fraction of sp³-hybridized carbons (Fsp3) is 0.176. The third kappa shape index (κ3) is 2.36. The van der Waals surface area contributed by atoms with Gasteiger partial charge in [0.1, 0.15) is 0 Å². The SMILES string of the molecule is C=CCSCCN1C(=O)c2cccc3cccc(c23)C1=O. The van der Waals surface area contributed by atoms with Crippen LogP contribution >= 0.6 is 11.8 Å². The normalized spacial score (nSPS) is 13.8. The molecule has 0 atom stereocenters. The monoisotopic (exact) mass is 297 g/mol. The summed E-state index contributed by atoms with van der Waals surface area (Å²) in [6.45, 7) is 4.09. The molecule has 0 N–H and O–H groups in total. The minimum Gasteiger partial charge on any atom is -0.274 e. The number of thioether (sulfide) groups is 1. The lowest BCUT2D eigenvalue weighted by atomic mass is 9.94. The molecule has 1 heterocycles. The van der Waals surface area contributed by atoms with E-state index in [1.165, 1.54) is 4.90 Å². The molecule has 0 saturated heterocycles. The summed E-state index contributed by atoms with van der Waals surface area (Å²) in [5.41, 5.74) is 1.24. The number of amides is 2. The van der Waals surface area contributed by atoms with Crippen LogP contribution in [0.4, 0.5) is 0 Å². The summed E-state index contributed by atoms with van der Waals surface area (Å²) >= 11 is 1.66.